The number of furan rings is 2. The van der Waals surface area contributed by atoms with Crippen LogP contribution in [0.2, 0.25) is 0 Å². The number of alkyl halides is 3. The van der Waals surface area contributed by atoms with Gasteiger partial charge in [-0.15, -0.1) is 0 Å². The Bertz CT molecular complexity index is 3180. The van der Waals surface area contributed by atoms with Gasteiger partial charge in [0.15, 0.2) is 11.2 Å². The van der Waals surface area contributed by atoms with Gasteiger partial charge in [0, 0.05) is 63.0 Å². The predicted molar refractivity (Wildman–Crippen MR) is 252 cm³/mol. The van der Waals surface area contributed by atoms with Crippen molar-refractivity contribution >= 4 is 39.0 Å². The molecule has 322 valence electrons. The zero-order valence-electron chi connectivity index (χ0n) is 37.4. The van der Waals surface area contributed by atoms with Crippen molar-refractivity contribution in [3.05, 3.63) is 167 Å². The van der Waals surface area contributed by atoms with E-state index in [-0.39, 0.29) is 22.1 Å². The number of fused-ring (bicyclic) bond motifs is 2. The molecule has 4 aromatic carbocycles. The first kappa shape index (κ1) is 42.3. The van der Waals surface area contributed by atoms with Gasteiger partial charge in [-0.2, -0.15) is 13.2 Å². The van der Waals surface area contributed by atoms with Crippen molar-refractivity contribution in [2.75, 3.05) is 4.90 Å². The SMILES string of the molecule is Cc1cc(-c2nccc3cc(-c4ccc(C(C)(C)C)cc4)oc23)cc(N(c2cc(-c3nccc4cc(-c5ccc(C(C)(C)C)cc5)oc34)cc(C(F)(F)F)c2)c2c(C)ccnc2C)c1. The number of benzene rings is 4. The van der Waals surface area contributed by atoms with Crippen LogP contribution < -0.4 is 4.90 Å². The van der Waals surface area contributed by atoms with Gasteiger partial charge in [-0.3, -0.25) is 15.0 Å². The van der Waals surface area contributed by atoms with E-state index >= 15 is 13.2 Å². The van der Waals surface area contributed by atoms with Gasteiger partial charge >= 0.3 is 6.18 Å². The molecule has 0 fully saturated rings. The van der Waals surface area contributed by atoms with Crippen LogP contribution in [-0.2, 0) is 17.0 Å². The van der Waals surface area contributed by atoms with Crippen LogP contribution >= 0.6 is 0 Å². The molecule has 0 atom stereocenters. The first-order valence-corrected chi connectivity index (χ1v) is 21.4. The highest BCUT2D eigenvalue weighted by Crippen LogP contribution is 2.46. The van der Waals surface area contributed by atoms with Gasteiger partial charge in [0.2, 0.25) is 0 Å². The largest absolute Gasteiger partial charge is 0.454 e. The number of nitrogens with zero attached hydrogens (tertiary/aromatic N) is 4. The van der Waals surface area contributed by atoms with Gasteiger partial charge in [0.05, 0.1) is 16.9 Å². The van der Waals surface area contributed by atoms with Crippen LogP contribution in [0, 0.1) is 20.8 Å². The fourth-order valence-corrected chi connectivity index (χ4v) is 8.40. The topological polar surface area (TPSA) is 68.2 Å². The second-order valence-electron chi connectivity index (χ2n) is 18.8. The molecule has 5 aromatic heterocycles. The summed E-state index contributed by atoms with van der Waals surface area (Å²) < 4.78 is 58.5. The lowest BCUT2D eigenvalue weighted by Crippen LogP contribution is -2.16. The van der Waals surface area contributed by atoms with E-state index in [1.165, 1.54) is 17.2 Å². The molecule has 0 unspecified atom stereocenters. The molecule has 0 amide bonds. The fraction of sp³-hybridized carbons (Fsp3) is 0.218. The van der Waals surface area contributed by atoms with Crippen LogP contribution in [-0.4, -0.2) is 15.0 Å². The highest BCUT2D eigenvalue weighted by Gasteiger charge is 2.33. The summed E-state index contributed by atoms with van der Waals surface area (Å²) in [4.78, 5) is 16.0. The Morgan fingerprint density at radius 3 is 1.41 bits per heavy atom. The molecular weight excluding hydrogens is 806 g/mol. The summed E-state index contributed by atoms with van der Waals surface area (Å²) in [6, 6.07) is 36.1. The maximum Gasteiger partial charge on any atom is 0.416 e. The van der Waals surface area contributed by atoms with E-state index in [2.05, 4.69) is 87.9 Å². The minimum atomic E-state index is -4.69. The number of hydrogen-bond acceptors (Lipinski definition) is 6. The standard InChI is InChI=1S/C55H49F3N4O2/c1-32-24-39(48-51-37(19-22-60-48)29-46(63-51)35-10-14-41(15-11-35)53(4,5)6)27-44(25-32)62(50-33(2)18-21-59-34(50)3)45-28-40(26-43(31-45)55(56,57)58)49-52-38(20-23-61-49)30-47(64-52)36-12-16-42(17-13-36)54(7,8)9/h10-31H,1-9H3. The van der Waals surface area contributed by atoms with E-state index in [0.29, 0.717) is 51.1 Å². The van der Waals surface area contributed by atoms with Crippen LogP contribution in [0.1, 0.15) is 75.1 Å². The van der Waals surface area contributed by atoms with E-state index < -0.39 is 11.7 Å². The normalized spacial score (nSPS) is 12.4. The quantitative estimate of drug-likeness (QED) is 0.159. The van der Waals surface area contributed by atoms with Crippen molar-refractivity contribution < 1.29 is 22.0 Å². The Morgan fingerprint density at radius 2 is 0.938 bits per heavy atom. The van der Waals surface area contributed by atoms with Gasteiger partial charge in [-0.1, -0.05) is 90.1 Å². The van der Waals surface area contributed by atoms with Crippen LogP contribution in [0.5, 0.6) is 0 Å². The van der Waals surface area contributed by atoms with Crippen molar-refractivity contribution in [3.8, 4) is 45.2 Å². The van der Waals surface area contributed by atoms with Gasteiger partial charge in [-0.25, -0.2) is 0 Å². The molecule has 5 heterocycles. The maximum absolute atomic E-state index is 15.1. The third kappa shape index (κ3) is 8.07. The molecule has 6 nitrogen and oxygen atoms in total. The van der Waals surface area contributed by atoms with Crippen molar-refractivity contribution in [3.63, 3.8) is 0 Å². The van der Waals surface area contributed by atoms with E-state index in [0.717, 1.165) is 44.7 Å². The summed E-state index contributed by atoms with van der Waals surface area (Å²) in [6.07, 6.45) is 0.377. The lowest BCUT2D eigenvalue weighted by atomic mass is 9.86. The molecule has 64 heavy (non-hydrogen) atoms. The Morgan fingerprint density at radius 1 is 0.469 bits per heavy atom. The van der Waals surface area contributed by atoms with Crippen molar-refractivity contribution in [2.24, 2.45) is 0 Å². The molecule has 9 rings (SSSR count). The van der Waals surface area contributed by atoms with Crippen LogP contribution in [0.3, 0.4) is 0 Å². The van der Waals surface area contributed by atoms with Gasteiger partial charge in [0.25, 0.3) is 0 Å². The second-order valence-corrected chi connectivity index (χ2v) is 18.8. The van der Waals surface area contributed by atoms with E-state index in [1.807, 2.05) is 86.3 Å². The van der Waals surface area contributed by atoms with Gasteiger partial charge < -0.3 is 13.7 Å². The van der Waals surface area contributed by atoms with Crippen molar-refractivity contribution in [1.82, 2.24) is 15.0 Å². The maximum atomic E-state index is 15.1. The van der Waals surface area contributed by atoms with Crippen LogP contribution in [0.4, 0.5) is 30.2 Å². The minimum absolute atomic E-state index is 0.0109. The molecule has 9 aromatic rings. The number of hydrogen-bond donors (Lipinski definition) is 0. The highest BCUT2D eigenvalue weighted by atomic mass is 19.4. The number of halogens is 3. The first-order valence-electron chi connectivity index (χ1n) is 21.4. The zero-order chi connectivity index (χ0) is 45.3. The second kappa shape index (κ2) is 15.7. The summed E-state index contributed by atoms with van der Waals surface area (Å²) in [7, 11) is 0. The van der Waals surface area contributed by atoms with Crippen LogP contribution in [0.25, 0.3) is 67.1 Å². The molecule has 0 N–H and O–H groups in total. The molecule has 0 aliphatic heterocycles. The monoisotopic (exact) mass is 854 g/mol. The molecule has 0 aliphatic rings. The van der Waals surface area contributed by atoms with Crippen LogP contribution in [0.15, 0.2) is 143 Å². The molecule has 0 saturated heterocycles. The number of pyridine rings is 3. The smallest absolute Gasteiger partial charge is 0.416 e. The highest BCUT2D eigenvalue weighted by molar-refractivity contribution is 5.96. The van der Waals surface area contributed by atoms with Gasteiger partial charge in [-0.05, 0) is 121 Å². The number of anilines is 3. The third-order valence-electron chi connectivity index (χ3n) is 11.8. The third-order valence-corrected chi connectivity index (χ3v) is 11.8. The summed E-state index contributed by atoms with van der Waals surface area (Å²) in [5.41, 5.74) is 10.1. The zero-order valence-corrected chi connectivity index (χ0v) is 37.4. The van der Waals surface area contributed by atoms with Gasteiger partial charge in [0.1, 0.15) is 22.9 Å². The number of rotatable bonds is 7. The van der Waals surface area contributed by atoms with Crippen molar-refractivity contribution in [2.45, 2.75) is 79.3 Å². The molecule has 9 heteroatoms. The average molecular weight is 855 g/mol. The van der Waals surface area contributed by atoms with E-state index in [1.54, 1.807) is 24.7 Å². The molecule has 0 aliphatic carbocycles. The van der Waals surface area contributed by atoms with E-state index in [9.17, 15) is 0 Å². The van der Waals surface area contributed by atoms with E-state index in [4.69, 9.17) is 13.8 Å². The summed E-state index contributed by atoms with van der Waals surface area (Å²) in [5, 5.41) is 1.61. The minimum Gasteiger partial charge on any atom is -0.454 e. The summed E-state index contributed by atoms with van der Waals surface area (Å²) in [5.74, 6) is 1.31. The van der Waals surface area contributed by atoms with Crippen molar-refractivity contribution in [1.29, 1.82) is 0 Å². The Balaban J connectivity index is 1.20. The molecule has 0 radical (unpaired) electrons. The predicted octanol–water partition coefficient (Wildman–Crippen LogP) is 16.0. The Hall–Kier alpha value is -7.00. The lowest BCUT2D eigenvalue weighted by Gasteiger charge is -2.30. The molecule has 0 spiro atoms. The average Bonchev–Trinajstić information content (AvgIpc) is 3.89. The molecule has 0 bridgehead atoms. The molecule has 0 saturated carbocycles. The first-order chi connectivity index (χ1) is 30.3. The Kier molecular flexibility index (Phi) is 10.4. The lowest BCUT2D eigenvalue weighted by molar-refractivity contribution is -0.137. The number of aromatic nitrogens is 3. The number of aryl methyl sites for hydroxylation is 3. The molecular formula is C55H49F3N4O2. The summed E-state index contributed by atoms with van der Waals surface area (Å²) in [6.45, 7) is 18.8. The fourth-order valence-electron chi connectivity index (χ4n) is 8.40. The summed E-state index contributed by atoms with van der Waals surface area (Å²) >= 11 is 0. The Labute approximate surface area is 371 Å².